The number of amides is 2. The molecule has 0 aliphatic rings. The Hall–Kier alpha value is -3.28. The van der Waals surface area contributed by atoms with E-state index in [1.807, 2.05) is 32.9 Å². The zero-order chi connectivity index (χ0) is 19.4. The molecule has 2 aromatic carbocycles. The van der Waals surface area contributed by atoms with Crippen LogP contribution in [0.3, 0.4) is 0 Å². The van der Waals surface area contributed by atoms with Gasteiger partial charge >= 0.3 is 0 Å². The highest BCUT2D eigenvalue weighted by atomic mass is 16.5. The van der Waals surface area contributed by atoms with E-state index in [2.05, 4.69) is 10.9 Å². The van der Waals surface area contributed by atoms with Gasteiger partial charge in [0.25, 0.3) is 5.91 Å². The van der Waals surface area contributed by atoms with E-state index in [1.165, 1.54) is 0 Å². The summed E-state index contributed by atoms with van der Waals surface area (Å²) in [5, 5.41) is 0.908. The molecular weight excluding hydrogens is 344 g/mol. The fraction of sp³-hybridized carbons (Fsp3) is 0.238. The Morgan fingerprint density at radius 1 is 1.04 bits per heavy atom. The minimum absolute atomic E-state index is 0.110. The van der Waals surface area contributed by atoms with Crippen LogP contribution >= 0.6 is 0 Å². The molecule has 6 nitrogen and oxygen atoms in total. The number of fused-ring (bicyclic) bond motifs is 1. The average Bonchev–Trinajstić information content (AvgIpc) is 3.02. The van der Waals surface area contributed by atoms with Crippen LogP contribution in [-0.2, 0) is 11.2 Å². The SMILES string of the molecule is CCOc1ccc(C(=O)NNC(=O)Cc2coc3cc(C)c(C)cc23)cc1. The average molecular weight is 366 g/mol. The molecule has 0 radical (unpaired) electrons. The molecular formula is C21H22N2O4. The minimum atomic E-state index is -0.394. The Kier molecular flexibility index (Phi) is 5.45. The number of carbonyl (C=O) groups is 2. The summed E-state index contributed by atoms with van der Waals surface area (Å²) in [5.74, 6) is -0.0272. The Balaban J connectivity index is 1.59. The second-order valence-corrected chi connectivity index (χ2v) is 6.33. The Labute approximate surface area is 157 Å². The van der Waals surface area contributed by atoms with Gasteiger partial charge in [-0.15, -0.1) is 0 Å². The smallest absolute Gasteiger partial charge is 0.269 e. The van der Waals surface area contributed by atoms with Crippen molar-refractivity contribution >= 4 is 22.8 Å². The van der Waals surface area contributed by atoms with Crippen LogP contribution in [0.15, 0.2) is 47.1 Å². The van der Waals surface area contributed by atoms with Crippen molar-refractivity contribution in [1.29, 1.82) is 0 Å². The molecule has 0 fully saturated rings. The summed E-state index contributed by atoms with van der Waals surface area (Å²) in [5.41, 5.74) is 9.09. The minimum Gasteiger partial charge on any atom is -0.494 e. The fourth-order valence-electron chi connectivity index (χ4n) is 2.76. The van der Waals surface area contributed by atoms with Gasteiger partial charge in [0.15, 0.2) is 0 Å². The van der Waals surface area contributed by atoms with Crippen molar-refractivity contribution in [1.82, 2.24) is 10.9 Å². The number of benzene rings is 2. The Morgan fingerprint density at radius 2 is 1.74 bits per heavy atom. The number of ether oxygens (including phenoxy) is 1. The summed E-state index contributed by atoms with van der Waals surface area (Å²) < 4.78 is 10.9. The number of nitrogens with one attached hydrogen (secondary N) is 2. The lowest BCUT2D eigenvalue weighted by Gasteiger charge is -2.08. The molecule has 0 bridgehead atoms. The highest BCUT2D eigenvalue weighted by molar-refractivity contribution is 5.96. The van der Waals surface area contributed by atoms with Crippen LogP contribution in [0.1, 0.15) is 34.0 Å². The van der Waals surface area contributed by atoms with Crippen LogP contribution in [0.2, 0.25) is 0 Å². The van der Waals surface area contributed by atoms with E-state index in [9.17, 15) is 9.59 Å². The number of hydrogen-bond acceptors (Lipinski definition) is 4. The van der Waals surface area contributed by atoms with Crippen molar-refractivity contribution in [3.8, 4) is 5.75 Å². The van der Waals surface area contributed by atoms with Gasteiger partial charge in [0.1, 0.15) is 11.3 Å². The highest BCUT2D eigenvalue weighted by Gasteiger charge is 2.13. The molecule has 0 spiro atoms. The normalized spacial score (nSPS) is 10.6. The molecule has 2 amide bonds. The largest absolute Gasteiger partial charge is 0.494 e. The zero-order valence-electron chi connectivity index (χ0n) is 15.6. The maximum Gasteiger partial charge on any atom is 0.269 e. The summed E-state index contributed by atoms with van der Waals surface area (Å²) in [6, 6.07) is 10.7. The van der Waals surface area contributed by atoms with Crippen molar-refractivity contribution in [3.63, 3.8) is 0 Å². The zero-order valence-corrected chi connectivity index (χ0v) is 15.6. The predicted octanol–water partition coefficient (Wildman–Crippen LogP) is 3.45. The Bertz CT molecular complexity index is 974. The topological polar surface area (TPSA) is 80.6 Å². The van der Waals surface area contributed by atoms with Crippen LogP contribution in [0.4, 0.5) is 0 Å². The van der Waals surface area contributed by atoms with Gasteiger partial charge in [0.2, 0.25) is 5.91 Å². The summed E-state index contributed by atoms with van der Waals surface area (Å²) in [4.78, 5) is 24.3. The molecule has 0 atom stereocenters. The summed E-state index contributed by atoms with van der Waals surface area (Å²) >= 11 is 0. The van der Waals surface area contributed by atoms with E-state index in [0.717, 1.165) is 27.7 Å². The lowest BCUT2D eigenvalue weighted by Crippen LogP contribution is -2.42. The lowest BCUT2D eigenvalue weighted by atomic mass is 10.0. The summed E-state index contributed by atoms with van der Waals surface area (Å²) in [7, 11) is 0. The molecule has 0 unspecified atom stereocenters. The first kappa shape index (κ1) is 18.5. The highest BCUT2D eigenvalue weighted by Crippen LogP contribution is 2.25. The van der Waals surface area contributed by atoms with Gasteiger partial charge < -0.3 is 9.15 Å². The molecule has 0 saturated heterocycles. The van der Waals surface area contributed by atoms with E-state index in [0.29, 0.717) is 17.9 Å². The van der Waals surface area contributed by atoms with Crippen molar-refractivity contribution in [2.24, 2.45) is 0 Å². The number of aryl methyl sites for hydroxylation is 2. The number of carbonyl (C=O) groups excluding carboxylic acids is 2. The Morgan fingerprint density at radius 3 is 2.44 bits per heavy atom. The van der Waals surface area contributed by atoms with Crippen molar-refractivity contribution < 1.29 is 18.7 Å². The molecule has 6 heteroatoms. The number of rotatable bonds is 5. The van der Waals surface area contributed by atoms with Gasteiger partial charge in [-0.3, -0.25) is 20.4 Å². The first-order chi connectivity index (χ1) is 13.0. The molecule has 0 aliphatic heterocycles. The fourth-order valence-corrected chi connectivity index (χ4v) is 2.76. The van der Waals surface area contributed by atoms with Gasteiger partial charge in [0.05, 0.1) is 19.3 Å². The van der Waals surface area contributed by atoms with Gasteiger partial charge in [-0.2, -0.15) is 0 Å². The molecule has 2 N–H and O–H groups in total. The third-order valence-corrected chi connectivity index (χ3v) is 4.36. The number of hydrazine groups is 1. The maximum absolute atomic E-state index is 12.2. The first-order valence-corrected chi connectivity index (χ1v) is 8.77. The van der Waals surface area contributed by atoms with Crippen molar-refractivity contribution in [2.75, 3.05) is 6.61 Å². The molecule has 0 saturated carbocycles. The van der Waals surface area contributed by atoms with E-state index in [1.54, 1.807) is 30.5 Å². The van der Waals surface area contributed by atoms with Crippen LogP contribution in [-0.4, -0.2) is 18.4 Å². The van der Waals surface area contributed by atoms with Gasteiger partial charge in [-0.25, -0.2) is 0 Å². The van der Waals surface area contributed by atoms with Crippen LogP contribution in [0.25, 0.3) is 11.0 Å². The molecule has 0 aliphatic carbocycles. The second kappa shape index (κ2) is 7.95. The van der Waals surface area contributed by atoms with Crippen LogP contribution in [0.5, 0.6) is 5.75 Å². The van der Waals surface area contributed by atoms with Gasteiger partial charge in [-0.05, 0) is 68.3 Å². The van der Waals surface area contributed by atoms with Crippen molar-refractivity contribution in [2.45, 2.75) is 27.2 Å². The molecule has 27 heavy (non-hydrogen) atoms. The number of furan rings is 1. The van der Waals surface area contributed by atoms with E-state index in [4.69, 9.17) is 9.15 Å². The first-order valence-electron chi connectivity index (χ1n) is 8.77. The maximum atomic E-state index is 12.2. The van der Waals surface area contributed by atoms with Gasteiger partial charge in [-0.1, -0.05) is 0 Å². The number of hydrogen-bond donors (Lipinski definition) is 2. The lowest BCUT2D eigenvalue weighted by molar-refractivity contribution is -0.121. The standard InChI is InChI=1S/C21H22N2O4/c1-4-26-17-7-5-15(6-8-17)21(25)23-22-20(24)11-16-12-27-19-10-14(3)13(2)9-18(16)19/h5-10,12H,4,11H2,1-3H3,(H,22,24)(H,23,25). The molecule has 140 valence electrons. The monoisotopic (exact) mass is 366 g/mol. The quantitative estimate of drug-likeness (QED) is 0.678. The third-order valence-electron chi connectivity index (χ3n) is 4.36. The van der Waals surface area contributed by atoms with Crippen LogP contribution < -0.4 is 15.6 Å². The second-order valence-electron chi connectivity index (χ2n) is 6.33. The molecule has 3 rings (SSSR count). The predicted molar refractivity (Wildman–Crippen MR) is 103 cm³/mol. The molecule has 1 aromatic heterocycles. The molecule has 3 aromatic rings. The molecule has 1 heterocycles. The van der Waals surface area contributed by atoms with E-state index >= 15 is 0 Å². The van der Waals surface area contributed by atoms with Crippen molar-refractivity contribution in [3.05, 3.63) is 64.9 Å². The van der Waals surface area contributed by atoms with Crippen LogP contribution in [0, 0.1) is 13.8 Å². The van der Waals surface area contributed by atoms with E-state index < -0.39 is 5.91 Å². The third kappa shape index (κ3) is 4.28. The van der Waals surface area contributed by atoms with E-state index in [-0.39, 0.29) is 12.3 Å². The summed E-state index contributed by atoms with van der Waals surface area (Å²) in [6.07, 6.45) is 1.69. The van der Waals surface area contributed by atoms with Gasteiger partial charge in [0, 0.05) is 16.5 Å². The summed E-state index contributed by atoms with van der Waals surface area (Å²) in [6.45, 7) is 6.48.